The van der Waals surface area contributed by atoms with E-state index >= 15 is 0 Å². The van der Waals surface area contributed by atoms with Gasteiger partial charge in [-0.05, 0) is 36.1 Å². The summed E-state index contributed by atoms with van der Waals surface area (Å²) in [5, 5.41) is 1.14. The molecule has 1 saturated heterocycles. The minimum Gasteiger partial charge on any atom is -0.344 e. The maximum absolute atomic E-state index is 6.20. The molecule has 1 aromatic carbocycles. The van der Waals surface area contributed by atoms with E-state index in [1.807, 2.05) is 6.07 Å². The molecule has 1 unspecified atom stereocenters. The summed E-state index contributed by atoms with van der Waals surface area (Å²) < 4.78 is 5.95. The topological polar surface area (TPSA) is 27.7 Å². The molecule has 1 atom stereocenters. The van der Waals surface area contributed by atoms with Crippen molar-refractivity contribution in [1.29, 1.82) is 0 Å². The van der Waals surface area contributed by atoms with Crippen LogP contribution in [0.3, 0.4) is 0 Å². The first kappa shape index (κ1) is 15.3. The quantitative estimate of drug-likeness (QED) is 0.714. The van der Waals surface area contributed by atoms with Gasteiger partial charge in [0.2, 0.25) is 5.79 Å². The standard InChI is InChI=1S/C16H18Cl2O3/c1-11(13-6-5-12(17)9-14(13)18)15-10-19-16(21-20-15)7-3-2-4-8-16/h5-6,9,15H,1-4,7-8,10H2. The van der Waals surface area contributed by atoms with Crippen LogP contribution in [0.2, 0.25) is 10.0 Å². The van der Waals surface area contributed by atoms with E-state index in [1.165, 1.54) is 6.42 Å². The molecule has 1 aliphatic carbocycles. The van der Waals surface area contributed by atoms with Crippen molar-refractivity contribution in [3.63, 3.8) is 0 Å². The fraction of sp³-hybridized carbons (Fsp3) is 0.500. The van der Waals surface area contributed by atoms with Crippen LogP contribution < -0.4 is 0 Å². The number of benzene rings is 1. The van der Waals surface area contributed by atoms with E-state index in [2.05, 4.69) is 6.58 Å². The molecule has 1 heterocycles. The fourth-order valence-corrected chi connectivity index (χ4v) is 3.36. The van der Waals surface area contributed by atoms with Gasteiger partial charge in [-0.1, -0.05) is 42.3 Å². The molecule has 0 radical (unpaired) electrons. The highest BCUT2D eigenvalue weighted by Crippen LogP contribution is 2.38. The summed E-state index contributed by atoms with van der Waals surface area (Å²) in [6, 6.07) is 5.30. The van der Waals surface area contributed by atoms with Crippen LogP contribution in [0.25, 0.3) is 5.57 Å². The van der Waals surface area contributed by atoms with Crippen LogP contribution in [0.1, 0.15) is 37.7 Å². The molecule has 2 fully saturated rings. The lowest BCUT2D eigenvalue weighted by atomic mass is 9.94. The summed E-state index contributed by atoms with van der Waals surface area (Å²) in [4.78, 5) is 11.1. The van der Waals surface area contributed by atoms with Gasteiger partial charge in [0.1, 0.15) is 6.10 Å². The molecule has 0 aromatic heterocycles. The van der Waals surface area contributed by atoms with E-state index in [1.54, 1.807) is 12.1 Å². The zero-order valence-corrected chi connectivity index (χ0v) is 13.3. The highest BCUT2D eigenvalue weighted by atomic mass is 35.5. The average molecular weight is 329 g/mol. The highest BCUT2D eigenvalue weighted by Gasteiger charge is 2.41. The van der Waals surface area contributed by atoms with Crippen LogP contribution in [-0.4, -0.2) is 18.5 Å². The minimum atomic E-state index is -0.557. The lowest BCUT2D eigenvalue weighted by Gasteiger charge is -2.41. The summed E-state index contributed by atoms with van der Waals surface area (Å²) in [6.45, 7) is 4.49. The Morgan fingerprint density at radius 3 is 2.57 bits per heavy atom. The lowest BCUT2D eigenvalue weighted by Crippen LogP contribution is -2.46. The normalized spacial score (nSPS) is 25.0. The van der Waals surface area contributed by atoms with E-state index < -0.39 is 5.79 Å². The van der Waals surface area contributed by atoms with Gasteiger partial charge in [0.15, 0.2) is 0 Å². The van der Waals surface area contributed by atoms with Gasteiger partial charge >= 0.3 is 0 Å². The van der Waals surface area contributed by atoms with Gasteiger partial charge in [-0.25, -0.2) is 9.78 Å². The Balaban J connectivity index is 1.67. The molecule has 1 spiro atoms. The first-order valence-corrected chi connectivity index (χ1v) is 7.98. The number of halogens is 2. The predicted octanol–water partition coefficient (Wildman–Crippen LogP) is 5.01. The van der Waals surface area contributed by atoms with Gasteiger partial charge in [-0.3, -0.25) is 0 Å². The Kier molecular flexibility index (Phi) is 4.57. The van der Waals surface area contributed by atoms with Crippen LogP contribution in [0.4, 0.5) is 0 Å². The van der Waals surface area contributed by atoms with Crippen LogP contribution in [0, 0.1) is 0 Å². The Bertz CT molecular complexity index is 528. The molecule has 1 aliphatic heterocycles. The van der Waals surface area contributed by atoms with Crippen LogP contribution in [0.5, 0.6) is 0 Å². The third kappa shape index (κ3) is 3.27. The van der Waals surface area contributed by atoms with Gasteiger partial charge in [-0.2, -0.15) is 0 Å². The summed E-state index contributed by atoms with van der Waals surface area (Å²) in [5.74, 6) is -0.557. The number of hydrogen-bond acceptors (Lipinski definition) is 3. The van der Waals surface area contributed by atoms with Gasteiger partial charge in [-0.15, -0.1) is 0 Å². The summed E-state index contributed by atoms with van der Waals surface area (Å²) in [5.41, 5.74) is 1.54. The van der Waals surface area contributed by atoms with Crippen LogP contribution >= 0.6 is 23.2 Å². The largest absolute Gasteiger partial charge is 0.344 e. The summed E-state index contributed by atoms with van der Waals surface area (Å²) in [7, 11) is 0. The van der Waals surface area contributed by atoms with E-state index in [0.717, 1.165) is 36.8 Å². The molecule has 114 valence electrons. The van der Waals surface area contributed by atoms with Gasteiger partial charge in [0, 0.05) is 22.9 Å². The van der Waals surface area contributed by atoms with Crippen molar-refractivity contribution in [3.05, 3.63) is 40.4 Å². The Morgan fingerprint density at radius 2 is 1.95 bits per heavy atom. The highest BCUT2D eigenvalue weighted by molar-refractivity contribution is 6.35. The van der Waals surface area contributed by atoms with E-state index in [9.17, 15) is 0 Å². The molecule has 21 heavy (non-hydrogen) atoms. The predicted molar refractivity (Wildman–Crippen MR) is 83.2 cm³/mol. The molecular formula is C16H18Cl2O3. The second-order valence-corrected chi connectivity index (χ2v) is 6.44. The molecule has 1 aromatic rings. The molecule has 0 amide bonds. The fourth-order valence-electron chi connectivity index (χ4n) is 2.83. The Hall–Kier alpha value is -0.580. The van der Waals surface area contributed by atoms with Crippen molar-refractivity contribution in [3.8, 4) is 0 Å². The average Bonchev–Trinajstić information content (AvgIpc) is 2.48. The van der Waals surface area contributed by atoms with E-state index in [0.29, 0.717) is 16.7 Å². The first-order valence-electron chi connectivity index (χ1n) is 7.22. The van der Waals surface area contributed by atoms with Crippen molar-refractivity contribution >= 4 is 28.8 Å². The second kappa shape index (κ2) is 6.27. The summed E-state index contributed by atoms with van der Waals surface area (Å²) >= 11 is 12.1. The van der Waals surface area contributed by atoms with Crippen LogP contribution in [0.15, 0.2) is 24.8 Å². The first-order chi connectivity index (χ1) is 10.1. The SMILES string of the molecule is C=C(c1ccc(Cl)cc1Cl)C1COC2(CCCCC2)OO1. The second-order valence-electron chi connectivity index (χ2n) is 5.60. The monoisotopic (exact) mass is 328 g/mol. The Labute approximate surface area is 134 Å². The molecule has 0 N–H and O–H groups in total. The maximum atomic E-state index is 6.20. The minimum absolute atomic E-state index is 0.351. The zero-order valence-electron chi connectivity index (χ0n) is 11.7. The Morgan fingerprint density at radius 1 is 1.19 bits per heavy atom. The molecule has 3 rings (SSSR count). The zero-order chi connectivity index (χ0) is 14.9. The van der Waals surface area contributed by atoms with Crippen molar-refractivity contribution in [2.45, 2.75) is 44.0 Å². The van der Waals surface area contributed by atoms with E-state index in [4.69, 9.17) is 37.7 Å². The molecule has 1 saturated carbocycles. The number of hydrogen-bond donors (Lipinski definition) is 0. The van der Waals surface area contributed by atoms with E-state index in [-0.39, 0.29) is 6.10 Å². The van der Waals surface area contributed by atoms with Crippen molar-refractivity contribution in [1.82, 2.24) is 0 Å². The smallest absolute Gasteiger partial charge is 0.201 e. The van der Waals surface area contributed by atoms with Gasteiger partial charge in [0.25, 0.3) is 0 Å². The molecule has 3 nitrogen and oxygen atoms in total. The van der Waals surface area contributed by atoms with Crippen molar-refractivity contribution < 1.29 is 14.5 Å². The van der Waals surface area contributed by atoms with Crippen molar-refractivity contribution in [2.24, 2.45) is 0 Å². The lowest BCUT2D eigenvalue weighted by molar-refractivity contribution is -0.483. The molecule has 2 aliphatic rings. The van der Waals surface area contributed by atoms with Crippen LogP contribution in [-0.2, 0) is 14.5 Å². The maximum Gasteiger partial charge on any atom is 0.201 e. The number of rotatable bonds is 2. The molecular weight excluding hydrogens is 311 g/mol. The number of ether oxygens (including phenoxy) is 1. The van der Waals surface area contributed by atoms with Gasteiger partial charge in [0.05, 0.1) is 6.61 Å². The summed E-state index contributed by atoms with van der Waals surface area (Å²) in [6.07, 6.45) is 4.86. The third-order valence-electron chi connectivity index (χ3n) is 4.09. The molecule has 0 bridgehead atoms. The molecule has 5 heteroatoms. The third-order valence-corrected chi connectivity index (χ3v) is 4.64. The van der Waals surface area contributed by atoms with Crippen molar-refractivity contribution in [2.75, 3.05) is 6.61 Å². The van der Waals surface area contributed by atoms with Gasteiger partial charge < -0.3 is 4.74 Å².